The zero-order valence-corrected chi connectivity index (χ0v) is 21.1. The normalized spacial score (nSPS) is 30.4. The molecule has 0 radical (unpaired) electrons. The molecule has 0 aromatic heterocycles. The number of benzene rings is 2. The van der Waals surface area contributed by atoms with Gasteiger partial charge in [0.1, 0.15) is 11.9 Å². The monoisotopic (exact) mass is 505 g/mol. The average molecular weight is 506 g/mol. The summed E-state index contributed by atoms with van der Waals surface area (Å²) in [5.41, 5.74) is 2.14. The molecule has 2 bridgehead atoms. The van der Waals surface area contributed by atoms with Crippen molar-refractivity contribution in [2.24, 2.45) is 5.92 Å². The topological polar surface area (TPSA) is 71.1 Å². The molecule has 6 atom stereocenters. The second-order valence-electron chi connectivity index (χ2n) is 9.79. The van der Waals surface area contributed by atoms with Gasteiger partial charge >= 0.3 is 11.9 Å². The van der Waals surface area contributed by atoms with E-state index in [1.54, 1.807) is 0 Å². The predicted molar refractivity (Wildman–Crippen MR) is 134 cm³/mol. The molecule has 3 heterocycles. The van der Waals surface area contributed by atoms with E-state index in [2.05, 4.69) is 61.5 Å². The maximum absolute atomic E-state index is 12.6. The van der Waals surface area contributed by atoms with Gasteiger partial charge in [-0.1, -0.05) is 36.4 Å². The second kappa shape index (κ2) is 9.45. The Morgan fingerprint density at radius 1 is 1.00 bits per heavy atom. The highest BCUT2D eigenvalue weighted by molar-refractivity contribution is 7.97. The van der Waals surface area contributed by atoms with Crippen LogP contribution in [-0.4, -0.2) is 48.2 Å². The molecule has 6 unspecified atom stereocenters. The van der Waals surface area contributed by atoms with Crippen LogP contribution in [0.3, 0.4) is 0 Å². The fourth-order valence-electron chi connectivity index (χ4n) is 5.85. The van der Waals surface area contributed by atoms with Crippen LogP contribution in [0.4, 0.5) is 0 Å². The Hall–Kier alpha value is -3.03. The number of carbonyl (C=O) groups excluding carboxylic acids is 2. The van der Waals surface area contributed by atoms with Gasteiger partial charge in [0.05, 0.1) is 22.9 Å². The number of carbonyl (C=O) groups is 2. The van der Waals surface area contributed by atoms with Crippen molar-refractivity contribution in [1.82, 2.24) is 0 Å². The molecule has 2 aromatic rings. The molecule has 4 aliphatic rings. The minimum atomic E-state index is -0.546. The van der Waals surface area contributed by atoms with Gasteiger partial charge in [-0.25, -0.2) is 4.79 Å². The standard InChI is InChI=1S/C29H29O6S/c1-17-13-21(36(19-9-5-3-6-10-19)20-11-7-4-8-12-20)14-18(2)25(17)32-16-24(30)34-27-23-15-22-26(33-23)28(27)35-29(22)31/h3-13,21-23,26-28H,14-16H2,1-2H3/q+1. The van der Waals surface area contributed by atoms with Gasteiger partial charge in [-0.2, -0.15) is 0 Å². The highest BCUT2D eigenvalue weighted by atomic mass is 32.2. The first kappa shape index (κ1) is 23.4. The molecule has 2 aromatic carbocycles. The fraction of sp³-hybridized carbons (Fsp3) is 0.379. The highest BCUT2D eigenvalue weighted by Crippen LogP contribution is 2.47. The molecule has 1 aliphatic carbocycles. The summed E-state index contributed by atoms with van der Waals surface area (Å²) in [7, 11) is -0.128. The SMILES string of the molecule is CC1=CC([S+](c2ccccc2)c2ccccc2)CC(C)=C1OCC(=O)OC1C2CC3C(=O)OC1C3O2. The van der Waals surface area contributed by atoms with E-state index in [0.717, 1.165) is 23.3 Å². The summed E-state index contributed by atoms with van der Waals surface area (Å²) in [4.78, 5) is 27.2. The lowest BCUT2D eigenvalue weighted by Crippen LogP contribution is -2.40. The third kappa shape index (κ3) is 4.14. The molecule has 3 fully saturated rings. The van der Waals surface area contributed by atoms with Gasteiger partial charge in [0.2, 0.25) is 0 Å². The van der Waals surface area contributed by atoms with Crippen molar-refractivity contribution in [2.75, 3.05) is 6.61 Å². The van der Waals surface area contributed by atoms with Crippen LogP contribution in [0.2, 0.25) is 0 Å². The van der Waals surface area contributed by atoms with E-state index in [-0.39, 0.29) is 41.6 Å². The maximum atomic E-state index is 12.6. The number of rotatable bonds is 7. The molecular weight excluding hydrogens is 476 g/mol. The van der Waals surface area contributed by atoms with Crippen molar-refractivity contribution >= 4 is 22.8 Å². The Morgan fingerprint density at radius 3 is 2.31 bits per heavy atom. The van der Waals surface area contributed by atoms with E-state index in [4.69, 9.17) is 18.9 Å². The summed E-state index contributed by atoms with van der Waals surface area (Å²) in [5, 5.41) is 0.297. The molecule has 7 heteroatoms. The Labute approximate surface area is 213 Å². The van der Waals surface area contributed by atoms with Crippen LogP contribution in [0.15, 0.2) is 93.4 Å². The van der Waals surface area contributed by atoms with Crippen molar-refractivity contribution in [1.29, 1.82) is 0 Å². The number of fused-ring (bicyclic) bond motifs is 1. The molecule has 0 amide bonds. The molecule has 6 rings (SSSR count). The molecule has 3 saturated heterocycles. The summed E-state index contributed by atoms with van der Waals surface area (Å²) in [5.74, 6) is -0.174. The third-order valence-electron chi connectivity index (χ3n) is 7.37. The van der Waals surface area contributed by atoms with Crippen LogP contribution in [0.25, 0.3) is 0 Å². The Balaban J connectivity index is 1.13. The van der Waals surface area contributed by atoms with Crippen molar-refractivity contribution in [3.63, 3.8) is 0 Å². The molecule has 186 valence electrons. The molecule has 0 N–H and O–H groups in total. The van der Waals surface area contributed by atoms with E-state index >= 15 is 0 Å². The van der Waals surface area contributed by atoms with Crippen LogP contribution >= 0.6 is 0 Å². The molecule has 36 heavy (non-hydrogen) atoms. The minimum absolute atomic E-state index is 0.128. The summed E-state index contributed by atoms with van der Waals surface area (Å²) < 4.78 is 22.8. The van der Waals surface area contributed by atoms with Crippen molar-refractivity contribution < 1.29 is 28.5 Å². The maximum Gasteiger partial charge on any atom is 0.344 e. The van der Waals surface area contributed by atoms with Crippen LogP contribution in [-0.2, 0) is 39.4 Å². The number of hydrogen-bond acceptors (Lipinski definition) is 6. The minimum Gasteiger partial charge on any atom is -0.482 e. The zero-order chi connectivity index (χ0) is 24.8. The average Bonchev–Trinajstić information content (AvgIpc) is 3.51. The number of allylic oxidation sites excluding steroid dienone is 2. The second-order valence-corrected chi connectivity index (χ2v) is 12.0. The number of esters is 2. The Bertz CT molecular complexity index is 1180. The summed E-state index contributed by atoms with van der Waals surface area (Å²) in [6.07, 6.45) is 2.08. The quantitative estimate of drug-likeness (QED) is 0.412. The first-order valence-corrected chi connectivity index (χ1v) is 13.7. The van der Waals surface area contributed by atoms with Gasteiger partial charge in [-0.05, 0) is 61.8 Å². The largest absolute Gasteiger partial charge is 0.482 e. The van der Waals surface area contributed by atoms with E-state index in [1.165, 1.54) is 9.79 Å². The smallest absolute Gasteiger partial charge is 0.344 e. The summed E-state index contributed by atoms with van der Waals surface area (Å²) in [6, 6.07) is 21.3. The van der Waals surface area contributed by atoms with Crippen molar-refractivity contribution in [3.05, 3.63) is 83.6 Å². The van der Waals surface area contributed by atoms with E-state index in [9.17, 15) is 9.59 Å². The number of ether oxygens (including phenoxy) is 4. The first-order valence-electron chi connectivity index (χ1n) is 12.4. The highest BCUT2D eigenvalue weighted by Gasteiger charge is 2.65. The summed E-state index contributed by atoms with van der Waals surface area (Å²) >= 11 is 0. The van der Waals surface area contributed by atoms with Gasteiger partial charge in [0, 0.05) is 6.42 Å². The molecular formula is C29H29O6S+. The van der Waals surface area contributed by atoms with Crippen molar-refractivity contribution in [3.8, 4) is 0 Å². The Kier molecular flexibility index (Phi) is 6.13. The number of hydrogen-bond donors (Lipinski definition) is 0. The van der Waals surface area contributed by atoms with Gasteiger partial charge in [0.15, 0.2) is 33.9 Å². The van der Waals surface area contributed by atoms with E-state index < -0.39 is 18.2 Å². The van der Waals surface area contributed by atoms with Crippen LogP contribution in [0.1, 0.15) is 26.7 Å². The van der Waals surface area contributed by atoms with Crippen LogP contribution in [0.5, 0.6) is 0 Å². The molecule has 0 saturated carbocycles. The summed E-state index contributed by atoms with van der Waals surface area (Å²) in [6.45, 7) is 3.92. The molecule has 6 nitrogen and oxygen atoms in total. The van der Waals surface area contributed by atoms with Gasteiger partial charge in [0.25, 0.3) is 0 Å². The van der Waals surface area contributed by atoms with Gasteiger partial charge < -0.3 is 18.9 Å². The van der Waals surface area contributed by atoms with E-state index in [0.29, 0.717) is 11.7 Å². The van der Waals surface area contributed by atoms with E-state index in [1.807, 2.05) is 19.1 Å². The zero-order valence-electron chi connectivity index (χ0n) is 20.3. The molecule has 3 aliphatic heterocycles. The van der Waals surface area contributed by atoms with Crippen LogP contribution < -0.4 is 0 Å². The third-order valence-corrected chi connectivity index (χ3v) is 9.84. The lowest BCUT2D eigenvalue weighted by molar-refractivity contribution is -0.163. The first-order chi connectivity index (χ1) is 17.5. The Morgan fingerprint density at radius 2 is 1.67 bits per heavy atom. The van der Waals surface area contributed by atoms with Gasteiger partial charge in [-0.3, -0.25) is 4.79 Å². The predicted octanol–water partition coefficient (Wildman–Crippen LogP) is 4.36. The fourth-order valence-corrected chi connectivity index (χ4v) is 8.48. The van der Waals surface area contributed by atoms with Crippen molar-refractivity contribution in [2.45, 2.75) is 66.1 Å². The lowest BCUT2D eigenvalue weighted by atomic mass is 9.88. The molecule has 0 spiro atoms. The van der Waals surface area contributed by atoms with Gasteiger partial charge in [-0.15, -0.1) is 0 Å². The lowest BCUT2D eigenvalue weighted by Gasteiger charge is -2.25. The van der Waals surface area contributed by atoms with Crippen LogP contribution in [0, 0.1) is 5.92 Å².